The lowest BCUT2D eigenvalue weighted by Crippen LogP contribution is -2.61. The van der Waals surface area contributed by atoms with E-state index in [9.17, 15) is 34.3 Å². The van der Waals surface area contributed by atoms with Crippen LogP contribution in [0.3, 0.4) is 0 Å². The Bertz CT molecular complexity index is 1730. The highest BCUT2D eigenvalue weighted by atomic mass is 79.9. The van der Waals surface area contributed by atoms with Crippen molar-refractivity contribution in [2.24, 2.45) is 23.7 Å². The predicted octanol–water partition coefficient (Wildman–Crippen LogP) is 2.34. The van der Waals surface area contributed by atoms with E-state index in [2.05, 4.69) is 15.9 Å². The molecule has 10 nitrogen and oxygen atoms in total. The minimum Gasteiger partial charge on any atom is -0.508 e. The van der Waals surface area contributed by atoms with Crippen molar-refractivity contribution in [1.82, 2.24) is 4.90 Å². The standard InChI is InChI=1S/C30H24BBrCl2N2O8/c32-13-35-27(40)29(33)11-21-19(24(30(29,34)28(35)41)15-8-14-9-18(37)4-7-22(14)44-12-15)5-6-20-23(21)26(39)36(25(20)38)17-3-1-2-16(10-17)31(42)43/h1-5,7,9-10,12,20-21,23-24,37,42-43H,6,8,11,13H2. The van der Waals surface area contributed by atoms with Gasteiger partial charge in [0.1, 0.15) is 11.5 Å². The van der Waals surface area contributed by atoms with Gasteiger partial charge in [-0.15, -0.1) is 23.2 Å². The molecule has 3 N–H and O–H groups in total. The number of aromatic hydroxyl groups is 1. The maximum absolute atomic E-state index is 14.2. The molecule has 3 heterocycles. The lowest BCUT2D eigenvalue weighted by atomic mass is 9.56. The van der Waals surface area contributed by atoms with Crippen LogP contribution in [0.1, 0.15) is 18.4 Å². The Morgan fingerprint density at radius 1 is 1.02 bits per heavy atom. The van der Waals surface area contributed by atoms with Crippen LogP contribution in [0.2, 0.25) is 0 Å². The smallest absolute Gasteiger partial charge is 0.488 e. The summed E-state index contributed by atoms with van der Waals surface area (Å²) in [6, 6.07) is 10.5. The molecular formula is C30H24BBrCl2N2O8. The zero-order valence-corrected chi connectivity index (χ0v) is 25.9. The number of ether oxygens (including phenoxy) is 1. The van der Waals surface area contributed by atoms with E-state index in [1.807, 2.05) is 6.08 Å². The van der Waals surface area contributed by atoms with Gasteiger partial charge in [0, 0.05) is 17.9 Å². The number of likely N-dealkylation sites (tertiary alicyclic amines) is 1. The Morgan fingerprint density at radius 3 is 2.52 bits per heavy atom. The molecule has 4 amide bonds. The number of nitrogens with zero attached hydrogens (tertiary/aromatic N) is 2. The van der Waals surface area contributed by atoms with Crippen LogP contribution >= 0.6 is 39.1 Å². The zero-order chi connectivity index (χ0) is 31.3. The first kappa shape index (κ1) is 29.6. The van der Waals surface area contributed by atoms with Gasteiger partial charge in [0.15, 0.2) is 9.75 Å². The number of anilines is 1. The second-order valence-corrected chi connectivity index (χ2v) is 13.5. The summed E-state index contributed by atoms with van der Waals surface area (Å²) >= 11 is 17.8. The first-order valence-corrected chi connectivity index (χ1v) is 15.8. The number of benzene rings is 2. The van der Waals surface area contributed by atoms with Gasteiger partial charge in [-0.05, 0) is 60.1 Å². The second kappa shape index (κ2) is 10.2. The van der Waals surface area contributed by atoms with Crippen molar-refractivity contribution in [3.05, 3.63) is 71.5 Å². The minimum atomic E-state index is -1.96. The van der Waals surface area contributed by atoms with Crippen LogP contribution in [0.15, 0.2) is 65.9 Å². The Kier molecular flexibility index (Phi) is 6.84. The first-order chi connectivity index (χ1) is 20.9. The van der Waals surface area contributed by atoms with Crippen LogP contribution in [0, 0.1) is 23.7 Å². The van der Waals surface area contributed by atoms with Gasteiger partial charge in [-0.3, -0.25) is 29.0 Å². The van der Waals surface area contributed by atoms with Gasteiger partial charge >= 0.3 is 7.12 Å². The molecule has 0 radical (unpaired) electrons. The van der Waals surface area contributed by atoms with Crippen molar-refractivity contribution in [2.45, 2.75) is 29.0 Å². The van der Waals surface area contributed by atoms with E-state index in [0.29, 0.717) is 22.5 Å². The number of amides is 4. The highest BCUT2D eigenvalue weighted by molar-refractivity contribution is 9.09. The number of rotatable bonds is 4. The molecule has 0 spiro atoms. The number of fused-ring (bicyclic) bond motifs is 5. The molecule has 5 aliphatic rings. The molecule has 2 aromatic carbocycles. The zero-order valence-electron chi connectivity index (χ0n) is 22.8. The molecule has 6 unspecified atom stereocenters. The Hall–Kier alpha value is -3.16. The van der Waals surface area contributed by atoms with Crippen LogP contribution in [-0.2, 0) is 25.6 Å². The minimum absolute atomic E-state index is 0.0210. The molecule has 44 heavy (non-hydrogen) atoms. The summed E-state index contributed by atoms with van der Waals surface area (Å²) in [5.74, 6) is -5.19. The number of carbonyl (C=O) groups is 4. The van der Waals surface area contributed by atoms with E-state index in [4.69, 9.17) is 27.9 Å². The van der Waals surface area contributed by atoms with Crippen LogP contribution in [0.5, 0.6) is 11.5 Å². The Balaban J connectivity index is 1.35. The van der Waals surface area contributed by atoms with Crippen molar-refractivity contribution in [2.75, 3.05) is 10.4 Å². The average molecular weight is 702 g/mol. The van der Waals surface area contributed by atoms with Crippen molar-refractivity contribution in [1.29, 1.82) is 0 Å². The average Bonchev–Trinajstić information content (AvgIpc) is 3.34. The summed E-state index contributed by atoms with van der Waals surface area (Å²) < 4.78 is 5.90. The third-order valence-electron chi connectivity index (χ3n) is 9.59. The number of allylic oxidation sites excluding steroid dienone is 3. The molecule has 3 fully saturated rings. The number of carbonyl (C=O) groups excluding carboxylic acids is 4. The summed E-state index contributed by atoms with van der Waals surface area (Å²) in [5, 5.41) is 29.5. The third-order valence-corrected chi connectivity index (χ3v) is 11.5. The number of phenols is 1. The van der Waals surface area contributed by atoms with E-state index in [1.54, 1.807) is 12.1 Å². The first-order valence-electron chi connectivity index (χ1n) is 13.9. The molecule has 0 aromatic heterocycles. The fourth-order valence-electron chi connectivity index (χ4n) is 7.64. The summed E-state index contributed by atoms with van der Waals surface area (Å²) in [7, 11) is -1.80. The third kappa shape index (κ3) is 3.87. The lowest BCUT2D eigenvalue weighted by Gasteiger charge is -2.51. The number of hydrogen-bond donors (Lipinski definition) is 3. The SMILES string of the molecule is O=C1C2CC=C3C(CC4(Cl)C(=O)N(CBr)C(=O)C4(Cl)C3C3=COc4ccc(O)cc4C3)C2C(=O)N1c1cccc(B(O)O)c1. The predicted molar refractivity (Wildman–Crippen MR) is 163 cm³/mol. The molecule has 3 aliphatic heterocycles. The van der Waals surface area contributed by atoms with Gasteiger partial charge in [0.05, 0.1) is 29.2 Å². The molecule has 226 valence electrons. The molecular weight excluding hydrogens is 678 g/mol. The van der Waals surface area contributed by atoms with Crippen molar-refractivity contribution < 1.29 is 39.1 Å². The van der Waals surface area contributed by atoms with Gasteiger partial charge in [-0.2, -0.15) is 0 Å². The largest absolute Gasteiger partial charge is 0.508 e. The van der Waals surface area contributed by atoms with E-state index >= 15 is 0 Å². The molecule has 14 heteroatoms. The molecule has 6 atom stereocenters. The van der Waals surface area contributed by atoms with E-state index < -0.39 is 64.2 Å². The molecule has 2 saturated heterocycles. The number of imide groups is 2. The monoisotopic (exact) mass is 700 g/mol. The normalized spacial score (nSPS) is 32.4. The van der Waals surface area contributed by atoms with Gasteiger partial charge in [0.25, 0.3) is 11.8 Å². The molecule has 1 saturated carbocycles. The maximum atomic E-state index is 14.2. The van der Waals surface area contributed by atoms with E-state index in [0.717, 1.165) is 9.80 Å². The lowest BCUT2D eigenvalue weighted by molar-refractivity contribution is -0.138. The van der Waals surface area contributed by atoms with Crippen molar-refractivity contribution >= 4 is 81.0 Å². The number of halogens is 3. The highest BCUT2D eigenvalue weighted by Crippen LogP contribution is 2.64. The van der Waals surface area contributed by atoms with Gasteiger partial charge in [-0.1, -0.05) is 39.7 Å². The summed E-state index contributed by atoms with van der Waals surface area (Å²) in [5.41, 5.74) is 1.96. The molecule has 2 aliphatic carbocycles. The molecule has 2 aromatic rings. The summed E-state index contributed by atoms with van der Waals surface area (Å²) in [4.78, 5) is 53.8. The number of phenolic OH excluding ortho intramolecular Hbond substituents is 1. The van der Waals surface area contributed by atoms with Crippen LogP contribution in [-0.4, -0.2) is 66.0 Å². The summed E-state index contributed by atoms with van der Waals surface area (Å²) in [6.45, 7) is 0. The topological polar surface area (TPSA) is 145 Å². The Labute approximate surface area is 270 Å². The quantitative estimate of drug-likeness (QED) is 0.145. The molecule has 0 bridgehead atoms. The maximum Gasteiger partial charge on any atom is 0.488 e. The van der Waals surface area contributed by atoms with Crippen LogP contribution < -0.4 is 15.1 Å². The van der Waals surface area contributed by atoms with Crippen LogP contribution in [0.25, 0.3) is 0 Å². The number of hydrogen-bond acceptors (Lipinski definition) is 8. The highest BCUT2D eigenvalue weighted by Gasteiger charge is 2.76. The van der Waals surface area contributed by atoms with Gasteiger partial charge < -0.3 is 19.9 Å². The molecule has 7 rings (SSSR count). The Morgan fingerprint density at radius 2 is 1.80 bits per heavy atom. The van der Waals surface area contributed by atoms with Crippen molar-refractivity contribution in [3.63, 3.8) is 0 Å². The summed E-state index contributed by atoms with van der Waals surface area (Å²) in [6.07, 6.45) is 3.54. The van der Waals surface area contributed by atoms with Crippen molar-refractivity contribution in [3.8, 4) is 11.5 Å². The fraction of sp³-hybridized carbons (Fsp3) is 0.333. The number of alkyl halides is 3. The fourth-order valence-corrected chi connectivity index (χ4v) is 9.08. The van der Waals surface area contributed by atoms with Gasteiger partial charge in [-0.25, -0.2) is 0 Å². The van der Waals surface area contributed by atoms with Crippen LogP contribution in [0.4, 0.5) is 5.69 Å². The second-order valence-electron chi connectivity index (χ2n) is 11.7. The van der Waals surface area contributed by atoms with E-state index in [-0.39, 0.29) is 41.6 Å². The van der Waals surface area contributed by atoms with E-state index in [1.165, 1.54) is 36.6 Å². The van der Waals surface area contributed by atoms with Gasteiger partial charge in [0.2, 0.25) is 11.8 Å².